The number of aromatic amines is 1. The standard InChI is InChI=1S/C23H21ClN6O2/c24-17-10-14(9-15-11-26-30-19(15)17)21-20(13-4-2-1-3-5-13)28-22(25)23(29-21)27-18(32)8-12-6-16(31)7-12/h1-5,9-12,16,31H,6-8H2,(H2,25,28)(H,26,30)(H,27,29,32). The van der Waals surface area contributed by atoms with Gasteiger partial charge in [-0.05, 0) is 30.9 Å². The molecule has 0 radical (unpaired) electrons. The van der Waals surface area contributed by atoms with E-state index in [1.165, 1.54) is 0 Å². The molecular formula is C23H21ClN6O2. The SMILES string of the molecule is Nc1nc(-c2ccccc2)c(-c2cc(Cl)c3[nH]ncc3c2)nc1NC(=O)CC1CC(O)C1. The van der Waals surface area contributed by atoms with E-state index < -0.39 is 0 Å². The fourth-order valence-corrected chi connectivity index (χ4v) is 4.27. The second-order valence-corrected chi connectivity index (χ2v) is 8.46. The Morgan fingerprint density at radius 2 is 1.91 bits per heavy atom. The maximum Gasteiger partial charge on any atom is 0.225 e. The van der Waals surface area contributed by atoms with Gasteiger partial charge in [0.05, 0.1) is 34.2 Å². The summed E-state index contributed by atoms with van der Waals surface area (Å²) < 4.78 is 0. The van der Waals surface area contributed by atoms with Gasteiger partial charge < -0.3 is 16.2 Å². The lowest BCUT2D eigenvalue weighted by molar-refractivity contribution is -0.118. The highest BCUT2D eigenvalue weighted by molar-refractivity contribution is 6.35. The van der Waals surface area contributed by atoms with Gasteiger partial charge in [-0.3, -0.25) is 9.89 Å². The van der Waals surface area contributed by atoms with Gasteiger partial charge in [0.25, 0.3) is 0 Å². The Kier molecular flexibility index (Phi) is 5.24. The van der Waals surface area contributed by atoms with E-state index in [1.54, 1.807) is 12.3 Å². The van der Waals surface area contributed by atoms with Crippen molar-refractivity contribution in [1.82, 2.24) is 20.2 Å². The molecule has 2 aromatic heterocycles. The van der Waals surface area contributed by atoms with Crippen LogP contribution in [0.15, 0.2) is 48.7 Å². The molecule has 5 N–H and O–H groups in total. The maximum absolute atomic E-state index is 12.5. The average Bonchev–Trinajstić information content (AvgIpc) is 3.24. The van der Waals surface area contributed by atoms with Crippen molar-refractivity contribution in [2.45, 2.75) is 25.4 Å². The molecule has 0 atom stereocenters. The van der Waals surface area contributed by atoms with E-state index >= 15 is 0 Å². The van der Waals surface area contributed by atoms with E-state index in [0.717, 1.165) is 22.0 Å². The van der Waals surface area contributed by atoms with Crippen molar-refractivity contribution in [1.29, 1.82) is 0 Å². The molecule has 9 heteroatoms. The van der Waals surface area contributed by atoms with Crippen LogP contribution >= 0.6 is 11.6 Å². The van der Waals surface area contributed by atoms with E-state index in [9.17, 15) is 9.90 Å². The number of hydrogen-bond acceptors (Lipinski definition) is 6. The third-order valence-electron chi connectivity index (χ3n) is 5.69. The highest BCUT2D eigenvalue weighted by atomic mass is 35.5. The molecule has 0 saturated heterocycles. The average molecular weight is 449 g/mol. The van der Waals surface area contributed by atoms with Gasteiger partial charge >= 0.3 is 0 Å². The molecular weight excluding hydrogens is 428 g/mol. The molecule has 32 heavy (non-hydrogen) atoms. The molecule has 1 saturated carbocycles. The number of aliphatic hydroxyl groups excluding tert-OH is 1. The van der Waals surface area contributed by atoms with Gasteiger partial charge in [0.2, 0.25) is 5.91 Å². The van der Waals surface area contributed by atoms with Gasteiger partial charge in [0.1, 0.15) is 0 Å². The molecule has 1 amide bonds. The number of aliphatic hydroxyl groups is 1. The quantitative estimate of drug-likeness (QED) is 0.365. The number of H-pyrrole nitrogens is 1. The number of halogens is 1. The summed E-state index contributed by atoms with van der Waals surface area (Å²) >= 11 is 6.46. The van der Waals surface area contributed by atoms with Crippen LogP contribution in [0.1, 0.15) is 19.3 Å². The number of nitrogen functional groups attached to an aromatic ring is 1. The number of rotatable bonds is 5. The lowest BCUT2D eigenvalue weighted by Gasteiger charge is -2.30. The van der Waals surface area contributed by atoms with Crippen LogP contribution in [0.2, 0.25) is 5.02 Å². The third kappa shape index (κ3) is 3.90. The second-order valence-electron chi connectivity index (χ2n) is 8.06. The van der Waals surface area contributed by atoms with Crippen molar-refractivity contribution in [2.24, 2.45) is 5.92 Å². The highest BCUT2D eigenvalue weighted by Crippen LogP contribution is 2.36. The van der Waals surface area contributed by atoms with Crippen LogP contribution in [0.25, 0.3) is 33.4 Å². The normalized spacial score (nSPS) is 17.8. The summed E-state index contributed by atoms with van der Waals surface area (Å²) in [4.78, 5) is 21.8. The van der Waals surface area contributed by atoms with Crippen LogP contribution in [0.3, 0.4) is 0 Å². The van der Waals surface area contributed by atoms with Gasteiger partial charge in [0.15, 0.2) is 11.6 Å². The highest BCUT2D eigenvalue weighted by Gasteiger charge is 2.29. The Morgan fingerprint density at radius 3 is 2.66 bits per heavy atom. The first-order chi connectivity index (χ1) is 15.5. The Hall–Kier alpha value is -3.49. The van der Waals surface area contributed by atoms with Crippen LogP contribution in [-0.2, 0) is 4.79 Å². The summed E-state index contributed by atoms with van der Waals surface area (Å²) in [5.74, 6) is 0.298. The van der Waals surface area contributed by atoms with Crippen molar-refractivity contribution in [2.75, 3.05) is 11.1 Å². The molecule has 2 aromatic carbocycles. The number of nitrogens with zero attached hydrogens (tertiary/aromatic N) is 3. The summed E-state index contributed by atoms with van der Waals surface area (Å²) in [7, 11) is 0. The molecule has 1 aliphatic carbocycles. The van der Waals surface area contributed by atoms with Crippen LogP contribution < -0.4 is 11.1 Å². The largest absolute Gasteiger partial charge is 0.393 e. The monoisotopic (exact) mass is 448 g/mol. The first-order valence-corrected chi connectivity index (χ1v) is 10.7. The molecule has 1 aliphatic rings. The number of carbonyl (C=O) groups is 1. The van der Waals surface area contributed by atoms with Gasteiger partial charge in [-0.15, -0.1) is 0 Å². The molecule has 0 bridgehead atoms. The van der Waals surface area contributed by atoms with Crippen molar-refractivity contribution in [3.05, 3.63) is 53.7 Å². The summed E-state index contributed by atoms with van der Waals surface area (Å²) in [5, 5.41) is 20.5. The van der Waals surface area contributed by atoms with E-state index in [-0.39, 0.29) is 29.6 Å². The summed E-state index contributed by atoms with van der Waals surface area (Å²) in [6.07, 6.45) is 2.96. The Balaban J connectivity index is 1.57. The lowest BCUT2D eigenvalue weighted by atomic mass is 9.80. The summed E-state index contributed by atoms with van der Waals surface area (Å²) in [6, 6.07) is 13.3. The Bertz CT molecular complexity index is 1300. The molecule has 1 fully saturated rings. The molecule has 8 nitrogen and oxygen atoms in total. The lowest BCUT2D eigenvalue weighted by Crippen LogP contribution is -2.31. The van der Waals surface area contributed by atoms with Crippen molar-refractivity contribution < 1.29 is 9.90 Å². The Morgan fingerprint density at radius 1 is 1.16 bits per heavy atom. The van der Waals surface area contributed by atoms with Crippen LogP contribution in [0.4, 0.5) is 11.6 Å². The molecule has 5 rings (SSSR count). The number of nitrogens with two attached hydrogens (primary N) is 1. The minimum Gasteiger partial charge on any atom is -0.393 e. The molecule has 0 spiro atoms. The first kappa shape index (κ1) is 20.4. The smallest absolute Gasteiger partial charge is 0.225 e. The molecule has 0 aliphatic heterocycles. The van der Waals surface area contributed by atoms with E-state index in [0.29, 0.717) is 35.7 Å². The zero-order valence-corrected chi connectivity index (χ0v) is 17.8. The number of nitrogens with one attached hydrogen (secondary N) is 2. The van der Waals surface area contributed by atoms with Crippen molar-refractivity contribution in [3.63, 3.8) is 0 Å². The molecule has 4 aromatic rings. The van der Waals surface area contributed by atoms with E-state index in [1.807, 2.05) is 36.4 Å². The summed E-state index contributed by atoms with van der Waals surface area (Å²) in [5.41, 5.74) is 9.62. The predicted octanol–water partition coefficient (Wildman–Crippen LogP) is 4.02. The number of hydrogen-bond donors (Lipinski definition) is 4. The van der Waals surface area contributed by atoms with Gasteiger partial charge in [-0.25, -0.2) is 9.97 Å². The number of benzene rings is 2. The van der Waals surface area contributed by atoms with Gasteiger partial charge in [0, 0.05) is 22.9 Å². The zero-order valence-electron chi connectivity index (χ0n) is 17.0. The maximum atomic E-state index is 12.5. The second kappa shape index (κ2) is 8.22. The Labute approximate surface area is 188 Å². The number of aromatic nitrogens is 4. The topological polar surface area (TPSA) is 130 Å². The van der Waals surface area contributed by atoms with Crippen LogP contribution in [0, 0.1) is 5.92 Å². The summed E-state index contributed by atoms with van der Waals surface area (Å²) in [6.45, 7) is 0. The van der Waals surface area contributed by atoms with E-state index in [2.05, 4.69) is 20.5 Å². The third-order valence-corrected chi connectivity index (χ3v) is 5.98. The number of amides is 1. The first-order valence-electron chi connectivity index (χ1n) is 10.3. The molecule has 2 heterocycles. The minimum absolute atomic E-state index is 0.130. The van der Waals surface area contributed by atoms with E-state index in [4.69, 9.17) is 22.3 Å². The van der Waals surface area contributed by atoms with Crippen LogP contribution in [-0.4, -0.2) is 37.3 Å². The fraction of sp³-hybridized carbons (Fsp3) is 0.217. The van der Waals surface area contributed by atoms with Gasteiger partial charge in [-0.1, -0.05) is 41.9 Å². The fourth-order valence-electron chi connectivity index (χ4n) is 4.00. The predicted molar refractivity (Wildman–Crippen MR) is 124 cm³/mol. The molecule has 0 unspecified atom stereocenters. The minimum atomic E-state index is -0.308. The number of carbonyl (C=O) groups excluding carboxylic acids is 1. The number of anilines is 2. The number of fused-ring (bicyclic) bond motifs is 1. The van der Waals surface area contributed by atoms with Crippen molar-refractivity contribution >= 4 is 40.0 Å². The van der Waals surface area contributed by atoms with Gasteiger partial charge in [-0.2, -0.15) is 5.10 Å². The zero-order chi connectivity index (χ0) is 22.2. The van der Waals surface area contributed by atoms with Crippen LogP contribution in [0.5, 0.6) is 0 Å². The molecule has 162 valence electrons. The van der Waals surface area contributed by atoms with Crippen molar-refractivity contribution in [3.8, 4) is 22.5 Å².